The first-order valence-corrected chi connectivity index (χ1v) is 7.04. The van der Waals surface area contributed by atoms with E-state index >= 15 is 0 Å². The smallest absolute Gasteiger partial charge is 0.0965 e. The van der Waals surface area contributed by atoms with Gasteiger partial charge in [0, 0.05) is 50.3 Å². The molecule has 1 aliphatic rings. The summed E-state index contributed by atoms with van der Waals surface area (Å²) >= 11 is 1.73. The minimum atomic E-state index is 0.387. The first kappa shape index (κ1) is 13.0. The predicted octanol–water partition coefficient (Wildman–Crippen LogP) is 1.21. The van der Waals surface area contributed by atoms with Crippen molar-refractivity contribution in [3.05, 3.63) is 16.6 Å². The van der Waals surface area contributed by atoms with Crippen molar-refractivity contribution in [3.63, 3.8) is 0 Å². The summed E-state index contributed by atoms with van der Waals surface area (Å²) in [7, 11) is 1.78. The summed E-state index contributed by atoms with van der Waals surface area (Å²) < 4.78 is 5.33. The Morgan fingerprint density at radius 1 is 1.71 bits per heavy atom. The summed E-state index contributed by atoms with van der Waals surface area (Å²) in [6, 6.07) is 0.545. The van der Waals surface area contributed by atoms with Gasteiger partial charge in [-0.3, -0.25) is 0 Å². The number of methoxy groups -OCH3 is 1. The Bertz CT molecular complexity index is 318. The Labute approximate surface area is 107 Å². The van der Waals surface area contributed by atoms with Crippen LogP contribution in [0.15, 0.2) is 11.6 Å². The Morgan fingerprint density at radius 3 is 3.24 bits per heavy atom. The average Bonchev–Trinajstić information content (AvgIpc) is 3.00. The summed E-state index contributed by atoms with van der Waals surface area (Å²) in [6.45, 7) is 5.19. The van der Waals surface area contributed by atoms with E-state index in [9.17, 15) is 0 Å². The Balaban J connectivity index is 1.63. The Kier molecular flexibility index (Phi) is 4.91. The third-order valence-electron chi connectivity index (χ3n) is 3.23. The minimum absolute atomic E-state index is 0.387. The standard InChI is InChI=1S/C12H21N3OS/c1-9(12-14-3-4-17-12)6-13-7-10-5-11(16-2)8-15-10/h3-4,9-11,13,15H,5-8H2,1-2H3. The van der Waals surface area contributed by atoms with Crippen molar-refractivity contribution in [2.45, 2.75) is 31.4 Å². The fourth-order valence-electron chi connectivity index (χ4n) is 2.16. The average molecular weight is 255 g/mol. The van der Waals surface area contributed by atoms with Gasteiger partial charge in [-0.25, -0.2) is 4.98 Å². The van der Waals surface area contributed by atoms with E-state index < -0.39 is 0 Å². The molecule has 1 fully saturated rings. The largest absolute Gasteiger partial charge is 0.380 e. The van der Waals surface area contributed by atoms with Gasteiger partial charge in [0.25, 0.3) is 0 Å². The molecule has 2 heterocycles. The molecule has 0 aromatic carbocycles. The monoisotopic (exact) mass is 255 g/mol. The molecule has 1 aromatic heterocycles. The molecule has 0 radical (unpaired) electrons. The van der Waals surface area contributed by atoms with Crippen LogP contribution in [0.4, 0.5) is 0 Å². The lowest BCUT2D eigenvalue weighted by Gasteiger charge is -2.14. The summed E-state index contributed by atoms with van der Waals surface area (Å²) in [5, 5.41) is 10.2. The van der Waals surface area contributed by atoms with E-state index in [1.165, 1.54) is 5.01 Å². The van der Waals surface area contributed by atoms with E-state index in [1.807, 2.05) is 11.6 Å². The predicted molar refractivity (Wildman–Crippen MR) is 70.6 cm³/mol. The second-order valence-corrected chi connectivity index (χ2v) is 5.55. The van der Waals surface area contributed by atoms with Crippen molar-refractivity contribution in [2.75, 3.05) is 26.7 Å². The number of rotatable bonds is 6. The van der Waals surface area contributed by atoms with Crippen LogP contribution in [-0.2, 0) is 4.74 Å². The van der Waals surface area contributed by atoms with Gasteiger partial charge in [-0.15, -0.1) is 11.3 Å². The maximum absolute atomic E-state index is 5.33. The van der Waals surface area contributed by atoms with Gasteiger partial charge in [0.05, 0.1) is 11.1 Å². The molecular weight excluding hydrogens is 234 g/mol. The molecule has 17 heavy (non-hydrogen) atoms. The molecule has 1 aliphatic heterocycles. The zero-order chi connectivity index (χ0) is 12.1. The van der Waals surface area contributed by atoms with E-state index in [2.05, 4.69) is 22.5 Å². The quantitative estimate of drug-likeness (QED) is 0.802. The Morgan fingerprint density at radius 2 is 2.59 bits per heavy atom. The number of thiazole rings is 1. The van der Waals surface area contributed by atoms with Gasteiger partial charge < -0.3 is 15.4 Å². The van der Waals surface area contributed by atoms with Crippen LogP contribution >= 0.6 is 11.3 Å². The number of hydrogen-bond donors (Lipinski definition) is 2. The second kappa shape index (κ2) is 6.44. The topological polar surface area (TPSA) is 46.2 Å². The molecule has 0 saturated carbocycles. The molecule has 96 valence electrons. The molecule has 3 unspecified atom stereocenters. The summed E-state index contributed by atoms with van der Waals surface area (Å²) in [5.41, 5.74) is 0. The third-order valence-corrected chi connectivity index (χ3v) is 4.24. The van der Waals surface area contributed by atoms with E-state index in [0.29, 0.717) is 18.1 Å². The normalized spacial score (nSPS) is 26.2. The van der Waals surface area contributed by atoms with Crippen LogP contribution in [0, 0.1) is 0 Å². The lowest BCUT2D eigenvalue weighted by atomic mass is 10.1. The van der Waals surface area contributed by atoms with E-state index in [4.69, 9.17) is 4.74 Å². The van der Waals surface area contributed by atoms with Crippen LogP contribution in [0.2, 0.25) is 0 Å². The highest BCUT2D eigenvalue weighted by molar-refractivity contribution is 7.09. The number of ether oxygens (including phenoxy) is 1. The van der Waals surface area contributed by atoms with Crippen molar-refractivity contribution in [3.8, 4) is 0 Å². The molecule has 3 atom stereocenters. The molecule has 2 N–H and O–H groups in total. The van der Waals surface area contributed by atoms with Gasteiger partial charge in [-0.2, -0.15) is 0 Å². The van der Waals surface area contributed by atoms with Gasteiger partial charge in [-0.1, -0.05) is 6.92 Å². The summed E-state index contributed by atoms with van der Waals surface area (Å²) in [5.74, 6) is 0.495. The summed E-state index contributed by atoms with van der Waals surface area (Å²) in [4.78, 5) is 4.33. The number of nitrogens with one attached hydrogen (secondary N) is 2. The number of hydrogen-bond acceptors (Lipinski definition) is 5. The molecule has 0 spiro atoms. The molecular formula is C12H21N3OS. The highest BCUT2D eigenvalue weighted by Gasteiger charge is 2.23. The van der Waals surface area contributed by atoms with Gasteiger partial charge in [-0.05, 0) is 6.42 Å². The SMILES string of the molecule is COC1CNC(CNCC(C)c2nccs2)C1. The minimum Gasteiger partial charge on any atom is -0.380 e. The highest BCUT2D eigenvalue weighted by atomic mass is 32.1. The van der Waals surface area contributed by atoms with Gasteiger partial charge >= 0.3 is 0 Å². The summed E-state index contributed by atoms with van der Waals surface area (Å²) in [6.07, 6.45) is 3.37. The van der Waals surface area contributed by atoms with Gasteiger partial charge in [0.1, 0.15) is 0 Å². The van der Waals surface area contributed by atoms with Crippen LogP contribution < -0.4 is 10.6 Å². The molecule has 4 nitrogen and oxygen atoms in total. The molecule has 0 bridgehead atoms. The van der Waals surface area contributed by atoms with Crippen molar-refractivity contribution in [2.24, 2.45) is 0 Å². The van der Waals surface area contributed by atoms with E-state index in [0.717, 1.165) is 26.1 Å². The molecule has 1 aromatic rings. The fourth-order valence-corrected chi connectivity index (χ4v) is 2.85. The maximum atomic E-state index is 5.33. The van der Waals surface area contributed by atoms with Crippen LogP contribution in [-0.4, -0.2) is 43.9 Å². The van der Waals surface area contributed by atoms with Crippen LogP contribution in [0.5, 0.6) is 0 Å². The van der Waals surface area contributed by atoms with E-state index in [1.54, 1.807) is 18.4 Å². The highest BCUT2D eigenvalue weighted by Crippen LogP contribution is 2.16. The van der Waals surface area contributed by atoms with Crippen molar-refractivity contribution >= 4 is 11.3 Å². The van der Waals surface area contributed by atoms with Crippen LogP contribution in [0.1, 0.15) is 24.3 Å². The van der Waals surface area contributed by atoms with Gasteiger partial charge in [0.15, 0.2) is 0 Å². The van der Waals surface area contributed by atoms with Crippen molar-refractivity contribution in [1.29, 1.82) is 0 Å². The molecule has 0 aliphatic carbocycles. The lowest BCUT2D eigenvalue weighted by molar-refractivity contribution is 0.117. The Hall–Kier alpha value is -0.490. The number of aromatic nitrogens is 1. The second-order valence-electron chi connectivity index (χ2n) is 4.63. The molecule has 2 rings (SSSR count). The first-order chi connectivity index (χ1) is 8.29. The van der Waals surface area contributed by atoms with Crippen molar-refractivity contribution < 1.29 is 4.74 Å². The van der Waals surface area contributed by atoms with E-state index in [-0.39, 0.29) is 0 Å². The maximum Gasteiger partial charge on any atom is 0.0965 e. The lowest BCUT2D eigenvalue weighted by Crippen LogP contribution is -2.35. The number of nitrogens with zero attached hydrogens (tertiary/aromatic N) is 1. The van der Waals surface area contributed by atoms with Crippen molar-refractivity contribution in [1.82, 2.24) is 15.6 Å². The zero-order valence-electron chi connectivity index (χ0n) is 10.5. The molecule has 1 saturated heterocycles. The zero-order valence-corrected chi connectivity index (χ0v) is 11.3. The molecule has 0 amide bonds. The van der Waals surface area contributed by atoms with Gasteiger partial charge in [0.2, 0.25) is 0 Å². The van der Waals surface area contributed by atoms with Crippen LogP contribution in [0.25, 0.3) is 0 Å². The molecule has 5 heteroatoms. The fraction of sp³-hybridized carbons (Fsp3) is 0.750. The third kappa shape index (κ3) is 3.74. The first-order valence-electron chi connectivity index (χ1n) is 6.16. The van der Waals surface area contributed by atoms with Crippen LogP contribution in [0.3, 0.4) is 0 Å².